The Hall–Kier alpha value is -1.55. The average Bonchev–Trinajstić information content (AvgIpc) is 2.22. The molecule has 3 N–H and O–H groups in total. The maximum atomic E-state index is 10.9. The van der Waals surface area contributed by atoms with E-state index in [2.05, 4.69) is 0 Å². The first-order valence-electron chi connectivity index (χ1n) is 5.26. The first-order chi connectivity index (χ1) is 7.60. The Bertz CT molecular complexity index is 377. The van der Waals surface area contributed by atoms with Crippen molar-refractivity contribution in [3.8, 4) is 5.75 Å². The van der Waals surface area contributed by atoms with E-state index >= 15 is 0 Å². The van der Waals surface area contributed by atoms with Crippen LogP contribution in [0.15, 0.2) is 18.2 Å². The minimum absolute atomic E-state index is 0.1000. The Kier molecular flexibility index (Phi) is 4.31. The second kappa shape index (κ2) is 5.51. The van der Waals surface area contributed by atoms with E-state index in [0.29, 0.717) is 6.61 Å². The largest absolute Gasteiger partial charge is 0.494 e. The lowest BCUT2D eigenvalue weighted by molar-refractivity contribution is -0.138. The summed E-state index contributed by atoms with van der Waals surface area (Å²) in [6.45, 7) is 4.50. The second-order valence-electron chi connectivity index (χ2n) is 3.58. The van der Waals surface area contributed by atoms with Crippen LogP contribution in [0.4, 0.5) is 0 Å². The second-order valence-corrected chi connectivity index (χ2v) is 3.58. The maximum absolute atomic E-state index is 10.9. The van der Waals surface area contributed by atoms with E-state index in [9.17, 15) is 4.79 Å². The topological polar surface area (TPSA) is 72.5 Å². The van der Waals surface area contributed by atoms with E-state index < -0.39 is 11.9 Å². The average molecular weight is 223 g/mol. The standard InChI is InChI=1S/C12H17NO3/c1-3-16-11-5-4-9(6-8(11)2)10(7-13)12(14)15/h4-6,10H,3,7,13H2,1-2H3,(H,14,15). The number of rotatable bonds is 5. The minimum atomic E-state index is -0.897. The molecule has 1 unspecified atom stereocenters. The number of ether oxygens (including phenoxy) is 1. The first kappa shape index (κ1) is 12.5. The number of carboxylic acids is 1. The van der Waals surface area contributed by atoms with Gasteiger partial charge in [0.05, 0.1) is 12.5 Å². The predicted octanol–water partition coefficient (Wildman–Crippen LogP) is 1.52. The normalized spacial score (nSPS) is 12.2. The summed E-state index contributed by atoms with van der Waals surface area (Å²) in [6.07, 6.45) is 0. The third-order valence-corrected chi connectivity index (χ3v) is 2.43. The summed E-state index contributed by atoms with van der Waals surface area (Å²) in [7, 11) is 0. The van der Waals surface area contributed by atoms with Crippen LogP contribution in [0.5, 0.6) is 5.75 Å². The molecule has 0 radical (unpaired) electrons. The van der Waals surface area contributed by atoms with Crippen LogP contribution >= 0.6 is 0 Å². The lowest BCUT2D eigenvalue weighted by atomic mass is 9.97. The lowest BCUT2D eigenvalue weighted by Crippen LogP contribution is -2.21. The van der Waals surface area contributed by atoms with E-state index in [1.54, 1.807) is 12.1 Å². The van der Waals surface area contributed by atoms with Crippen molar-refractivity contribution in [3.63, 3.8) is 0 Å². The van der Waals surface area contributed by atoms with Gasteiger partial charge in [0.2, 0.25) is 0 Å². The van der Waals surface area contributed by atoms with Gasteiger partial charge in [-0.1, -0.05) is 12.1 Å². The molecule has 0 saturated heterocycles. The van der Waals surface area contributed by atoms with E-state index in [0.717, 1.165) is 16.9 Å². The highest BCUT2D eigenvalue weighted by molar-refractivity contribution is 5.76. The Morgan fingerprint density at radius 2 is 2.25 bits per heavy atom. The number of benzene rings is 1. The third-order valence-electron chi connectivity index (χ3n) is 2.43. The van der Waals surface area contributed by atoms with Crippen molar-refractivity contribution in [3.05, 3.63) is 29.3 Å². The zero-order valence-corrected chi connectivity index (χ0v) is 9.56. The smallest absolute Gasteiger partial charge is 0.312 e. The van der Waals surface area contributed by atoms with Crippen LogP contribution in [0.2, 0.25) is 0 Å². The SMILES string of the molecule is CCOc1ccc(C(CN)C(=O)O)cc1C. The van der Waals surface area contributed by atoms with Gasteiger partial charge in [-0.05, 0) is 31.0 Å². The zero-order valence-electron chi connectivity index (χ0n) is 9.56. The third kappa shape index (κ3) is 2.73. The van der Waals surface area contributed by atoms with Gasteiger partial charge >= 0.3 is 5.97 Å². The number of carboxylic acid groups (broad SMARTS) is 1. The number of aryl methyl sites for hydroxylation is 1. The molecule has 1 rings (SSSR count). The summed E-state index contributed by atoms with van der Waals surface area (Å²) < 4.78 is 5.39. The monoisotopic (exact) mass is 223 g/mol. The number of carbonyl (C=O) groups is 1. The van der Waals surface area contributed by atoms with Gasteiger partial charge in [0.15, 0.2) is 0 Å². The fraction of sp³-hybridized carbons (Fsp3) is 0.417. The summed E-state index contributed by atoms with van der Waals surface area (Å²) >= 11 is 0. The number of hydrogen-bond acceptors (Lipinski definition) is 3. The van der Waals surface area contributed by atoms with E-state index in [1.165, 1.54) is 0 Å². The van der Waals surface area contributed by atoms with Crippen molar-refractivity contribution in [1.82, 2.24) is 0 Å². The molecule has 0 aliphatic carbocycles. The molecule has 4 heteroatoms. The Morgan fingerprint density at radius 1 is 1.56 bits per heavy atom. The van der Waals surface area contributed by atoms with Crippen LogP contribution in [0.3, 0.4) is 0 Å². The number of hydrogen-bond donors (Lipinski definition) is 2. The maximum Gasteiger partial charge on any atom is 0.312 e. The molecule has 0 bridgehead atoms. The van der Waals surface area contributed by atoms with Crippen molar-refractivity contribution in [1.29, 1.82) is 0 Å². The molecular formula is C12H17NO3. The molecule has 88 valence electrons. The van der Waals surface area contributed by atoms with Crippen LogP contribution in [0.1, 0.15) is 24.0 Å². The highest BCUT2D eigenvalue weighted by Crippen LogP contribution is 2.23. The van der Waals surface area contributed by atoms with Gasteiger partial charge < -0.3 is 15.6 Å². The summed E-state index contributed by atoms with van der Waals surface area (Å²) in [5.41, 5.74) is 7.09. The fourth-order valence-electron chi connectivity index (χ4n) is 1.59. The van der Waals surface area contributed by atoms with Gasteiger partial charge in [-0.2, -0.15) is 0 Å². The molecule has 1 aromatic rings. The highest BCUT2D eigenvalue weighted by atomic mass is 16.5. The van der Waals surface area contributed by atoms with Gasteiger partial charge in [-0.3, -0.25) is 4.79 Å². The molecule has 1 atom stereocenters. The van der Waals surface area contributed by atoms with Crippen molar-refractivity contribution < 1.29 is 14.6 Å². The van der Waals surface area contributed by atoms with E-state index in [-0.39, 0.29) is 6.54 Å². The molecule has 16 heavy (non-hydrogen) atoms. The molecular weight excluding hydrogens is 206 g/mol. The predicted molar refractivity (Wildman–Crippen MR) is 61.8 cm³/mol. The van der Waals surface area contributed by atoms with Gasteiger partial charge in [-0.25, -0.2) is 0 Å². The van der Waals surface area contributed by atoms with Gasteiger partial charge in [0, 0.05) is 6.54 Å². The molecule has 0 spiro atoms. The molecule has 0 heterocycles. The minimum Gasteiger partial charge on any atom is -0.494 e. The van der Waals surface area contributed by atoms with Crippen LogP contribution in [0, 0.1) is 6.92 Å². The first-order valence-corrected chi connectivity index (χ1v) is 5.26. The van der Waals surface area contributed by atoms with Gasteiger partial charge in [0.25, 0.3) is 0 Å². The Labute approximate surface area is 95.0 Å². The summed E-state index contributed by atoms with van der Waals surface area (Å²) in [5.74, 6) is -0.757. The number of nitrogens with two attached hydrogens (primary N) is 1. The molecule has 0 saturated carbocycles. The molecule has 0 fully saturated rings. The quantitative estimate of drug-likeness (QED) is 0.793. The highest BCUT2D eigenvalue weighted by Gasteiger charge is 2.18. The van der Waals surface area contributed by atoms with Crippen molar-refractivity contribution in [2.75, 3.05) is 13.2 Å². The van der Waals surface area contributed by atoms with Crippen LogP contribution in [-0.4, -0.2) is 24.2 Å². The van der Waals surface area contributed by atoms with Crippen molar-refractivity contribution in [2.24, 2.45) is 5.73 Å². The molecule has 4 nitrogen and oxygen atoms in total. The molecule has 0 aliphatic heterocycles. The molecule has 0 amide bonds. The van der Waals surface area contributed by atoms with Crippen molar-refractivity contribution in [2.45, 2.75) is 19.8 Å². The van der Waals surface area contributed by atoms with Crippen LogP contribution in [0.25, 0.3) is 0 Å². The Morgan fingerprint density at radius 3 is 2.69 bits per heavy atom. The zero-order chi connectivity index (χ0) is 12.1. The van der Waals surface area contributed by atoms with Gasteiger partial charge in [0.1, 0.15) is 5.75 Å². The Balaban J connectivity index is 2.99. The van der Waals surface area contributed by atoms with Crippen molar-refractivity contribution >= 4 is 5.97 Å². The summed E-state index contributed by atoms with van der Waals surface area (Å²) in [5, 5.41) is 8.98. The fourth-order valence-corrected chi connectivity index (χ4v) is 1.59. The van der Waals surface area contributed by atoms with E-state index in [1.807, 2.05) is 19.9 Å². The van der Waals surface area contributed by atoms with Crippen LogP contribution < -0.4 is 10.5 Å². The van der Waals surface area contributed by atoms with E-state index in [4.69, 9.17) is 15.6 Å². The lowest BCUT2D eigenvalue weighted by Gasteiger charge is -2.13. The van der Waals surface area contributed by atoms with Gasteiger partial charge in [-0.15, -0.1) is 0 Å². The van der Waals surface area contributed by atoms with Crippen LogP contribution in [-0.2, 0) is 4.79 Å². The summed E-state index contributed by atoms with van der Waals surface area (Å²) in [6, 6.07) is 5.36. The molecule has 0 aliphatic rings. The molecule has 0 aromatic heterocycles. The molecule has 1 aromatic carbocycles. The summed E-state index contributed by atoms with van der Waals surface area (Å²) in [4.78, 5) is 10.9. The number of aliphatic carboxylic acids is 1.